The molecule has 3 amide bonds. The van der Waals surface area contributed by atoms with Gasteiger partial charge in [-0.05, 0) is 22.8 Å². The minimum Gasteiger partial charge on any atom is -0.481 e. The van der Waals surface area contributed by atoms with E-state index >= 15 is 0 Å². The largest absolute Gasteiger partial charge is 0.481 e. The van der Waals surface area contributed by atoms with Crippen molar-refractivity contribution in [3.8, 4) is 0 Å². The minimum absolute atomic E-state index is 0.139. The second kappa shape index (κ2) is 12.8. The van der Waals surface area contributed by atoms with Crippen molar-refractivity contribution in [2.45, 2.75) is 57.2 Å². The molecule has 6 N–H and O–H groups in total. The van der Waals surface area contributed by atoms with E-state index in [2.05, 4.69) is 5.43 Å². The number of nitrogens with one attached hydrogen (secondary N) is 1. The zero-order chi connectivity index (χ0) is 26.1. The number of aliphatic carboxylic acids is 1. The van der Waals surface area contributed by atoms with Crippen LogP contribution in [0.15, 0.2) is 42.5 Å². The monoisotopic (exact) mass is 485 g/mol. The zero-order valence-corrected chi connectivity index (χ0v) is 20.4. The van der Waals surface area contributed by atoms with E-state index in [1.54, 1.807) is 0 Å². The summed E-state index contributed by atoms with van der Waals surface area (Å²) in [4.78, 5) is 52.7. The van der Waals surface area contributed by atoms with Crippen LogP contribution >= 0.6 is 0 Å². The van der Waals surface area contributed by atoms with E-state index < -0.39 is 48.2 Å². The zero-order valence-electron chi connectivity index (χ0n) is 20.4. The van der Waals surface area contributed by atoms with Gasteiger partial charge in [0.2, 0.25) is 17.7 Å². The number of nitrogens with zero attached hydrogens (tertiary/aromatic N) is 2. The molecule has 0 aliphatic rings. The molecule has 0 radical (unpaired) electrons. The van der Waals surface area contributed by atoms with Crippen LogP contribution in [0.5, 0.6) is 0 Å². The molecule has 0 saturated heterocycles. The summed E-state index contributed by atoms with van der Waals surface area (Å²) in [7, 11) is 2.76. The third-order valence-corrected chi connectivity index (χ3v) is 6.25. The smallest absolute Gasteiger partial charge is 0.305 e. The Hall–Kier alpha value is -3.50. The van der Waals surface area contributed by atoms with Crippen molar-refractivity contribution in [3.63, 3.8) is 0 Å². The second-order valence-corrected chi connectivity index (χ2v) is 8.63. The van der Waals surface area contributed by atoms with Crippen molar-refractivity contribution in [3.05, 3.63) is 48.0 Å². The Labute approximate surface area is 205 Å². The van der Waals surface area contributed by atoms with Crippen molar-refractivity contribution >= 4 is 34.5 Å². The van der Waals surface area contributed by atoms with Crippen LogP contribution in [-0.4, -0.2) is 70.8 Å². The molecule has 35 heavy (non-hydrogen) atoms. The number of carbonyl (C=O) groups excluding carboxylic acids is 3. The molecule has 2 aromatic carbocycles. The Morgan fingerprint density at radius 1 is 0.971 bits per heavy atom. The molecule has 10 nitrogen and oxygen atoms in total. The van der Waals surface area contributed by atoms with E-state index in [1.165, 1.54) is 14.1 Å². The lowest BCUT2D eigenvalue weighted by Crippen LogP contribution is -2.58. The molecular weight excluding hydrogens is 450 g/mol. The van der Waals surface area contributed by atoms with Crippen LogP contribution in [0.3, 0.4) is 0 Å². The Morgan fingerprint density at radius 3 is 2.20 bits per heavy atom. The van der Waals surface area contributed by atoms with Gasteiger partial charge in [-0.15, -0.1) is 0 Å². The highest BCUT2D eigenvalue weighted by Crippen LogP contribution is 2.22. The number of rotatable bonds is 13. The number of carbonyl (C=O) groups is 4. The lowest BCUT2D eigenvalue weighted by Gasteiger charge is -2.34. The first-order valence-corrected chi connectivity index (χ1v) is 11.6. The fourth-order valence-electron chi connectivity index (χ4n) is 4.14. The number of hydrogen-bond acceptors (Lipinski definition) is 6. The van der Waals surface area contributed by atoms with Crippen molar-refractivity contribution in [2.24, 2.45) is 11.6 Å². The molecule has 0 heterocycles. The van der Waals surface area contributed by atoms with E-state index in [0.717, 1.165) is 39.0 Å². The van der Waals surface area contributed by atoms with Crippen LogP contribution in [0.4, 0.5) is 0 Å². The van der Waals surface area contributed by atoms with Gasteiger partial charge in [0.25, 0.3) is 0 Å². The Balaban J connectivity index is 2.33. The number of likely N-dealkylation sites (N-methyl/N-ethyl adjacent to an activating group) is 2. The molecule has 0 aliphatic heterocycles. The number of amides is 3. The van der Waals surface area contributed by atoms with Crippen LogP contribution in [0.2, 0.25) is 0 Å². The molecule has 3 atom stereocenters. The first-order chi connectivity index (χ1) is 16.6. The standard InChI is InChI=1S/C25H35N5O5/c1-4-5-13-19(28-27)24(34)30(3)21(15-22(31)32)25(35)29(2)20(23(26)33)14-17-11-8-10-16-9-6-7-12-18(16)17/h6-12,19-21,28H,4-5,13-15,27H2,1-3H3,(H2,26,33)(H,31,32)/t19-,20-,21+/m0/s1. The molecule has 10 heteroatoms. The SMILES string of the molecule is CCCC[C@H](NN)C(=O)N(C)[C@H](CC(=O)O)C(=O)N(C)[C@@H](Cc1cccc2ccccc12)C(N)=O. The van der Waals surface area contributed by atoms with Crippen molar-refractivity contribution in [1.82, 2.24) is 15.2 Å². The minimum atomic E-state index is -1.34. The normalized spacial score (nSPS) is 13.6. The predicted molar refractivity (Wildman–Crippen MR) is 133 cm³/mol. The lowest BCUT2D eigenvalue weighted by atomic mass is 9.97. The summed E-state index contributed by atoms with van der Waals surface area (Å²) in [6.07, 6.45) is 1.51. The molecule has 0 fully saturated rings. The Morgan fingerprint density at radius 2 is 1.60 bits per heavy atom. The second-order valence-electron chi connectivity index (χ2n) is 8.63. The number of hydrogen-bond donors (Lipinski definition) is 4. The van der Waals surface area contributed by atoms with Gasteiger partial charge >= 0.3 is 5.97 Å². The molecule has 0 aliphatic carbocycles. The topological polar surface area (TPSA) is 159 Å². The number of fused-ring (bicyclic) bond motifs is 1. The number of primary amides is 1. The third-order valence-electron chi connectivity index (χ3n) is 6.25. The van der Waals surface area contributed by atoms with E-state index in [4.69, 9.17) is 11.6 Å². The molecule has 0 unspecified atom stereocenters. The van der Waals surface area contributed by atoms with Gasteiger partial charge in [-0.3, -0.25) is 25.0 Å². The maximum atomic E-state index is 13.5. The van der Waals surface area contributed by atoms with Gasteiger partial charge < -0.3 is 20.6 Å². The Kier molecular flexibility index (Phi) is 10.2. The highest BCUT2D eigenvalue weighted by molar-refractivity contribution is 5.95. The van der Waals surface area contributed by atoms with E-state index in [9.17, 15) is 24.3 Å². The van der Waals surface area contributed by atoms with Crippen LogP contribution in [0, 0.1) is 0 Å². The highest BCUT2D eigenvalue weighted by atomic mass is 16.4. The molecule has 2 aromatic rings. The first-order valence-electron chi connectivity index (χ1n) is 11.6. The van der Waals surface area contributed by atoms with Crippen LogP contribution in [-0.2, 0) is 25.6 Å². The number of carboxylic acids is 1. The third kappa shape index (κ3) is 7.00. The summed E-state index contributed by atoms with van der Waals surface area (Å²) < 4.78 is 0. The molecule has 0 aromatic heterocycles. The van der Waals surface area contributed by atoms with Crippen LogP contribution < -0.4 is 17.0 Å². The summed E-state index contributed by atoms with van der Waals surface area (Å²) in [6.45, 7) is 1.97. The summed E-state index contributed by atoms with van der Waals surface area (Å²) >= 11 is 0. The van der Waals surface area contributed by atoms with Gasteiger partial charge in [0, 0.05) is 20.5 Å². The fraction of sp³-hybridized carbons (Fsp3) is 0.440. The van der Waals surface area contributed by atoms with Gasteiger partial charge in [0.1, 0.15) is 12.1 Å². The van der Waals surface area contributed by atoms with Crippen molar-refractivity contribution in [1.29, 1.82) is 0 Å². The summed E-state index contributed by atoms with van der Waals surface area (Å²) in [5.41, 5.74) is 8.94. The highest BCUT2D eigenvalue weighted by Gasteiger charge is 2.37. The number of nitrogens with two attached hydrogens (primary N) is 2. The number of unbranched alkanes of at least 4 members (excludes halogenated alkanes) is 1. The molecule has 2 rings (SSSR count). The maximum Gasteiger partial charge on any atom is 0.305 e. The number of hydrazine groups is 1. The van der Waals surface area contributed by atoms with E-state index in [0.29, 0.717) is 6.42 Å². The molecular formula is C25H35N5O5. The summed E-state index contributed by atoms with van der Waals surface area (Å²) in [6, 6.07) is 10.1. The van der Waals surface area contributed by atoms with Gasteiger partial charge in [0.05, 0.1) is 12.5 Å². The fourth-order valence-corrected chi connectivity index (χ4v) is 4.14. The van der Waals surface area contributed by atoms with Crippen LogP contribution in [0.25, 0.3) is 10.8 Å². The number of carboxylic acid groups (broad SMARTS) is 1. The average molecular weight is 486 g/mol. The Bertz CT molecular complexity index is 1050. The van der Waals surface area contributed by atoms with Gasteiger partial charge in [0.15, 0.2) is 0 Å². The lowest BCUT2D eigenvalue weighted by molar-refractivity contribution is -0.151. The van der Waals surface area contributed by atoms with Gasteiger partial charge in [-0.2, -0.15) is 0 Å². The van der Waals surface area contributed by atoms with Crippen LogP contribution in [0.1, 0.15) is 38.2 Å². The quantitative estimate of drug-likeness (QED) is 0.243. The summed E-state index contributed by atoms with van der Waals surface area (Å²) in [5, 5.41) is 11.3. The molecule has 0 saturated carbocycles. The van der Waals surface area contributed by atoms with Gasteiger partial charge in [-0.25, -0.2) is 5.43 Å². The summed E-state index contributed by atoms with van der Waals surface area (Å²) in [5.74, 6) is 2.35. The van der Waals surface area contributed by atoms with E-state index in [-0.39, 0.29) is 6.42 Å². The molecule has 0 bridgehead atoms. The van der Waals surface area contributed by atoms with Crippen molar-refractivity contribution < 1.29 is 24.3 Å². The first kappa shape index (κ1) is 27.7. The molecule has 190 valence electrons. The van der Waals surface area contributed by atoms with E-state index in [1.807, 2.05) is 49.4 Å². The van der Waals surface area contributed by atoms with Gasteiger partial charge in [-0.1, -0.05) is 62.2 Å². The maximum absolute atomic E-state index is 13.5. The average Bonchev–Trinajstić information content (AvgIpc) is 2.84. The predicted octanol–water partition coefficient (Wildman–Crippen LogP) is 1.02. The number of benzene rings is 2. The molecule has 0 spiro atoms. The van der Waals surface area contributed by atoms with Crippen molar-refractivity contribution in [2.75, 3.05) is 14.1 Å².